The van der Waals surface area contributed by atoms with Crippen molar-refractivity contribution in [3.05, 3.63) is 69.2 Å². The Kier molecular flexibility index (Phi) is 4.35. The second kappa shape index (κ2) is 6.96. The van der Waals surface area contributed by atoms with Gasteiger partial charge in [-0.15, -0.1) is 5.10 Å². The highest BCUT2D eigenvalue weighted by Gasteiger charge is 2.12. The quantitative estimate of drug-likeness (QED) is 0.555. The van der Waals surface area contributed by atoms with Crippen LogP contribution < -0.4 is 14.8 Å². The maximum atomic E-state index is 12.6. The van der Waals surface area contributed by atoms with Crippen molar-refractivity contribution in [2.75, 3.05) is 6.61 Å². The smallest absolute Gasteiger partial charge is 0.341 e. The number of para-hydroxylation sites is 1. The molecule has 3 heterocycles. The van der Waals surface area contributed by atoms with Gasteiger partial charge in [0.05, 0.1) is 4.53 Å². The first kappa shape index (κ1) is 16.9. The minimum absolute atomic E-state index is 0.296. The fourth-order valence-corrected chi connectivity index (χ4v) is 3.37. The molecule has 0 radical (unpaired) electrons. The number of carboxylic acid groups (broad SMARTS) is 1. The summed E-state index contributed by atoms with van der Waals surface area (Å²) in [5.74, 6) is -0.231. The lowest BCUT2D eigenvalue weighted by atomic mass is 10.2. The number of hydrogen-bond donors (Lipinski definition) is 1. The number of carboxylic acids is 1. The van der Waals surface area contributed by atoms with Gasteiger partial charge in [0.15, 0.2) is 12.4 Å². The van der Waals surface area contributed by atoms with Crippen molar-refractivity contribution < 1.29 is 14.6 Å². The van der Waals surface area contributed by atoms with Crippen molar-refractivity contribution in [3.63, 3.8) is 0 Å². The van der Waals surface area contributed by atoms with Crippen molar-refractivity contribution in [3.8, 4) is 17.1 Å². The number of fused-ring (bicyclic) bond motifs is 1. The van der Waals surface area contributed by atoms with Gasteiger partial charge in [0.25, 0.3) is 5.56 Å². The molecule has 4 rings (SSSR count). The maximum absolute atomic E-state index is 12.6. The molecule has 0 spiro atoms. The molecule has 0 atom stereocenters. The summed E-state index contributed by atoms with van der Waals surface area (Å²) < 4.78 is 6.96. The lowest BCUT2D eigenvalue weighted by Crippen LogP contribution is -2.23. The number of hydrogen-bond acceptors (Lipinski definition) is 7. The average Bonchev–Trinajstić information content (AvgIpc) is 3.22. The van der Waals surface area contributed by atoms with Gasteiger partial charge in [0, 0.05) is 23.5 Å². The third-order valence-electron chi connectivity index (χ3n) is 3.68. The van der Waals surface area contributed by atoms with Gasteiger partial charge in [-0.3, -0.25) is 9.78 Å². The molecule has 4 aromatic rings. The molecule has 27 heavy (non-hydrogen) atoms. The van der Waals surface area contributed by atoms with Crippen molar-refractivity contribution in [2.45, 2.75) is 0 Å². The normalized spacial score (nSPS) is 11.8. The summed E-state index contributed by atoms with van der Waals surface area (Å²) in [7, 11) is 0. The van der Waals surface area contributed by atoms with Gasteiger partial charge in [0.1, 0.15) is 5.75 Å². The molecule has 1 N–H and O–H groups in total. The Morgan fingerprint density at radius 2 is 2.00 bits per heavy atom. The topological polar surface area (TPSA) is 107 Å². The van der Waals surface area contributed by atoms with E-state index in [9.17, 15) is 9.59 Å². The van der Waals surface area contributed by atoms with Gasteiger partial charge in [-0.1, -0.05) is 29.5 Å². The van der Waals surface area contributed by atoms with Crippen LogP contribution in [0, 0.1) is 0 Å². The van der Waals surface area contributed by atoms with Crippen LogP contribution in [0.5, 0.6) is 5.75 Å². The van der Waals surface area contributed by atoms with Crippen molar-refractivity contribution >= 4 is 28.3 Å². The molecular formula is C18H12N4O4S. The number of aromatic nitrogens is 4. The number of rotatable bonds is 5. The van der Waals surface area contributed by atoms with Crippen LogP contribution in [0.4, 0.5) is 0 Å². The molecule has 3 aromatic heterocycles. The molecular weight excluding hydrogens is 368 g/mol. The Morgan fingerprint density at radius 1 is 1.22 bits per heavy atom. The van der Waals surface area contributed by atoms with Gasteiger partial charge < -0.3 is 9.84 Å². The Balaban J connectivity index is 1.75. The van der Waals surface area contributed by atoms with E-state index in [4.69, 9.17) is 9.84 Å². The van der Waals surface area contributed by atoms with Gasteiger partial charge in [-0.25, -0.2) is 4.79 Å². The van der Waals surface area contributed by atoms with Crippen molar-refractivity contribution in [2.24, 2.45) is 0 Å². The molecule has 0 saturated carbocycles. The van der Waals surface area contributed by atoms with Crippen LogP contribution in [-0.4, -0.2) is 37.3 Å². The highest BCUT2D eigenvalue weighted by Crippen LogP contribution is 2.19. The average molecular weight is 380 g/mol. The summed E-state index contributed by atoms with van der Waals surface area (Å²) in [5, 5.41) is 13.1. The molecule has 9 heteroatoms. The first-order valence-corrected chi connectivity index (χ1v) is 8.69. The zero-order valence-corrected chi connectivity index (χ0v) is 14.6. The van der Waals surface area contributed by atoms with E-state index >= 15 is 0 Å². The highest BCUT2D eigenvalue weighted by molar-refractivity contribution is 7.15. The molecule has 1 aromatic carbocycles. The van der Waals surface area contributed by atoms with Gasteiger partial charge in [-0.05, 0) is 24.3 Å². The Bertz CT molecular complexity index is 1230. The van der Waals surface area contributed by atoms with Crippen LogP contribution in [-0.2, 0) is 4.79 Å². The Morgan fingerprint density at radius 3 is 2.74 bits per heavy atom. The van der Waals surface area contributed by atoms with Crippen molar-refractivity contribution in [1.82, 2.24) is 19.6 Å². The number of benzene rings is 1. The van der Waals surface area contributed by atoms with E-state index in [1.807, 2.05) is 0 Å². The number of thiazole rings is 1. The number of aliphatic carboxylic acids is 1. The lowest BCUT2D eigenvalue weighted by Gasteiger charge is -2.05. The lowest BCUT2D eigenvalue weighted by molar-refractivity contribution is -0.139. The molecule has 134 valence electrons. The maximum Gasteiger partial charge on any atom is 0.341 e. The summed E-state index contributed by atoms with van der Waals surface area (Å²) in [6.07, 6.45) is 4.91. The van der Waals surface area contributed by atoms with Crippen molar-refractivity contribution in [1.29, 1.82) is 0 Å². The highest BCUT2D eigenvalue weighted by atomic mass is 32.1. The van der Waals surface area contributed by atoms with E-state index in [1.54, 1.807) is 54.9 Å². The van der Waals surface area contributed by atoms with E-state index < -0.39 is 12.6 Å². The minimum Gasteiger partial charge on any atom is -0.481 e. The number of carbonyl (C=O) groups is 1. The zero-order chi connectivity index (χ0) is 18.8. The Hall–Kier alpha value is -3.59. The first-order valence-electron chi connectivity index (χ1n) is 7.87. The molecule has 0 unspecified atom stereocenters. The molecule has 0 aliphatic rings. The van der Waals surface area contributed by atoms with E-state index in [0.717, 1.165) is 5.56 Å². The molecule has 0 saturated heterocycles. The molecule has 0 fully saturated rings. The predicted octanol–water partition coefficient (Wildman–Crippen LogP) is 1.22. The fraction of sp³-hybridized carbons (Fsp3) is 0.0556. The van der Waals surface area contributed by atoms with E-state index in [1.165, 1.54) is 15.9 Å². The zero-order valence-electron chi connectivity index (χ0n) is 13.8. The summed E-state index contributed by atoms with van der Waals surface area (Å²) in [6.45, 7) is -0.459. The first-order chi connectivity index (χ1) is 13.1. The third kappa shape index (κ3) is 3.40. The van der Waals surface area contributed by atoms with E-state index in [0.29, 0.717) is 26.6 Å². The van der Waals surface area contributed by atoms with Gasteiger partial charge >= 0.3 is 5.97 Å². The van der Waals surface area contributed by atoms with E-state index in [2.05, 4.69) is 15.1 Å². The van der Waals surface area contributed by atoms with Crippen LogP contribution in [0.15, 0.2) is 53.6 Å². The monoisotopic (exact) mass is 380 g/mol. The largest absolute Gasteiger partial charge is 0.481 e. The summed E-state index contributed by atoms with van der Waals surface area (Å²) in [4.78, 5) is 32.2. The van der Waals surface area contributed by atoms with Gasteiger partial charge in [-0.2, -0.15) is 9.50 Å². The van der Waals surface area contributed by atoms with Crippen LogP contribution in [0.1, 0.15) is 5.56 Å². The van der Waals surface area contributed by atoms with E-state index in [-0.39, 0.29) is 5.56 Å². The molecule has 0 bridgehead atoms. The van der Waals surface area contributed by atoms with Gasteiger partial charge in [0.2, 0.25) is 4.96 Å². The summed E-state index contributed by atoms with van der Waals surface area (Å²) in [6, 6.07) is 10.4. The molecule has 0 aliphatic heterocycles. The number of pyridine rings is 1. The summed E-state index contributed by atoms with van der Waals surface area (Å²) in [5.41, 5.74) is 1.09. The standard InChI is InChI=1S/C18H12N4O4S/c23-15(24)10-26-13-4-2-1-3-12(13)9-14-17(25)22-18(27-14)20-16(21-22)11-5-7-19-8-6-11/h1-9H,10H2,(H,23,24)/b14-9-. The summed E-state index contributed by atoms with van der Waals surface area (Å²) >= 11 is 1.20. The second-order valence-electron chi connectivity index (χ2n) is 5.50. The molecule has 8 nitrogen and oxygen atoms in total. The number of ether oxygens (including phenoxy) is 1. The Labute approximate surface area is 156 Å². The third-order valence-corrected chi connectivity index (χ3v) is 4.64. The number of nitrogens with zero attached hydrogens (tertiary/aromatic N) is 4. The van der Waals surface area contributed by atoms with Crippen LogP contribution in [0.2, 0.25) is 0 Å². The molecule has 0 amide bonds. The minimum atomic E-state index is -1.07. The molecule has 0 aliphatic carbocycles. The predicted molar refractivity (Wildman–Crippen MR) is 98.7 cm³/mol. The SMILES string of the molecule is O=C(O)COc1ccccc1/C=c1\sc2nc(-c3ccncc3)nn2c1=O. The van der Waals surface area contributed by atoms with Crippen LogP contribution >= 0.6 is 11.3 Å². The second-order valence-corrected chi connectivity index (χ2v) is 6.51. The van der Waals surface area contributed by atoms with Crippen LogP contribution in [0.25, 0.3) is 22.4 Å². The fourth-order valence-electron chi connectivity index (χ4n) is 2.47. The van der Waals surface area contributed by atoms with Crippen LogP contribution in [0.3, 0.4) is 0 Å².